The van der Waals surface area contributed by atoms with E-state index in [0.717, 1.165) is 17.7 Å². The van der Waals surface area contributed by atoms with Crippen LogP contribution in [0.4, 0.5) is 19.0 Å². The molecule has 0 spiro atoms. The van der Waals surface area contributed by atoms with Crippen LogP contribution in [0.25, 0.3) is 0 Å². The number of pyridine rings is 1. The lowest BCUT2D eigenvalue weighted by Gasteiger charge is -2.11. The largest absolute Gasteiger partial charge is 0.437 e. The summed E-state index contributed by atoms with van der Waals surface area (Å²) < 4.78 is 43.3. The SMILES string of the molecule is Cc1nc(C)c(Cl)c(NCCc2ccc(Oc3ccc(C(F)(F)F)cn3)c(Cl)c2)n1. The zero-order chi connectivity index (χ0) is 21.9. The Bertz CT molecular complexity index is 1040. The van der Waals surface area contributed by atoms with E-state index < -0.39 is 11.7 Å². The van der Waals surface area contributed by atoms with Gasteiger partial charge >= 0.3 is 6.18 Å². The summed E-state index contributed by atoms with van der Waals surface area (Å²) in [5, 5.41) is 3.97. The summed E-state index contributed by atoms with van der Waals surface area (Å²) in [6.45, 7) is 4.16. The van der Waals surface area contributed by atoms with Crippen LogP contribution in [0.15, 0.2) is 36.5 Å². The van der Waals surface area contributed by atoms with Crippen molar-refractivity contribution in [3.05, 3.63) is 69.2 Å². The van der Waals surface area contributed by atoms with Gasteiger partial charge in [-0.2, -0.15) is 13.2 Å². The number of hydrogen-bond donors (Lipinski definition) is 1. The number of aryl methyl sites for hydroxylation is 2. The Morgan fingerprint density at radius 2 is 1.83 bits per heavy atom. The molecule has 0 radical (unpaired) electrons. The van der Waals surface area contributed by atoms with Gasteiger partial charge in [-0.15, -0.1) is 0 Å². The molecule has 0 amide bonds. The summed E-state index contributed by atoms with van der Waals surface area (Å²) in [4.78, 5) is 12.2. The summed E-state index contributed by atoms with van der Waals surface area (Å²) in [5.74, 6) is 1.51. The fraction of sp³-hybridized carbons (Fsp3) is 0.250. The van der Waals surface area contributed by atoms with Crippen LogP contribution in [0.2, 0.25) is 10.0 Å². The van der Waals surface area contributed by atoms with Gasteiger partial charge in [0, 0.05) is 18.8 Å². The van der Waals surface area contributed by atoms with Crippen LogP contribution < -0.4 is 10.1 Å². The molecule has 0 fully saturated rings. The Morgan fingerprint density at radius 1 is 1.07 bits per heavy atom. The molecule has 2 aromatic heterocycles. The number of halogens is 5. The Kier molecular flexibility index (Phi) is 6.67. The number of nitrogens with zero attached hydrogens (tertiary/aromatic N) is 3. The Labute approximate surface area is 181 Å². The summed E-state index contributed by atoms with van der Waals surface area (Å²) >= 11 is 12.5. The van der Waals surface area contributed by atoms with E-state index in [1.807, 2.05) is 13.0 Å². The van der Waals surface area contributed by atoms with E-state index in [9.17, 15) is 13.2 Å². The van der Waals surface area contributed by atoms with E-state index in [1.165, 1.54) is 0 Å². The first-order valence-electron chi connectivity index (χ1n) is 8.87. The standard InChI is InChI=1S/C20H17Cl2F3N4O/c1-11-18(22)19(29-12(2)28-11)26-8-7-13-3-5-16(15(21)9-13)30-17-6-4-14(10-27-17)20(23,24)25/h3-6,9-10H,7-8H2,1-2H3,(H,26,28,29). The van der Waals surface area contributed by atoms with Gasteiger partial charge in [-0.3, -0.25) is 0 Å². The minimum atomic E-state index is -4.45. The maximum Gasteiger partial charge on any atom is 0.417 e. The topological polar surface area (TPSA) is 59.9 Å². The maximum absolute atomic E-state index is 12.6. The fourth-order valence-corrected chi connectivity index (χ4v) is 3.04. The normalized spacial score (nSPS) is 11.4. The molecule has 0 atom stereocenters. The summed E-state index contributed by atoms with van der Waals surface area (Å²) in [6, 6.07) is 7.22. The average Bonchev–Trinajstić information content (AvgIpc) is 2.67. The molecule has 0 aliphatic heterocycles. The average molecular weight is 457 g/mol. The van der Waals surface area contributed by atoms with Crippen LogP contribution in [0.3, 0.4) is 0 Å². The monoisotopic (exact) mass is 456 g/mol. The third kappa shape index (κ3) is 5.52. The molecule has 1 N–H and O–H groups in total. The van der Waals surface area contributed by atoms with Crippen LogP contribution in [-0.4, -0.2) is 21.5 Å². The Morgan fingerprint density at radius 3 is 2.47 bits per heavy atom. The molecule has 1 aromatic carbocycles. The Hall–Kier alpha value is -2.58. The van der Waals surface area contributed by atoms with Gasteiger partial charge in [0.15, 0.2) is 0 Å². The van der Waals surface area contributed by atoms with Crippen molar-refractivity contribution in [3.63, 3.8) is 0 Å². The predicted octanol–water partition coefficient (Wildman–Crippen LogP) is 6.26. The van der Waals surface area contributed by atoms with Crippen LogP contribution >= 0.6 is 23.2 Å². The number of alkyl halides is 3. The minimum absolute atomic E-state index is 0.0171. The summed E-state index contributed by atoms with van der Waals surface area (Å²) in [7, 11) is 0. The van der Waals surface area contributed by atoms with Gasteiger partial charge in [-0.1, -0.05) is 29.3 Å². The van der Waals surface area contributed by atoms with Crippen molar-refractivity contribution in [2.75, 3.05) is 11.9 Å². The lowest BCUT2D eigenvalue weighted by atomic mass is 10.1. The molecule has 0 saturated heterocycles. The number of nitrogens with one attached hydrogen (secondary N) is 1. The smallest absolute Gasteiger partial charge is 0.417 e. The van der Waals surface area contributed by atoms with E-state index in [0.29, 0.717) is 52.3 Å². The molecule has 5 nitrogen and oxygen atoms in total. The van der Waals surface area contributed by atoms with Gasteiger partial charge < -0.3 is 10.1 Å². The van der Waals surface area contributed by atoms with Crippen molar-refractivity contribution in [2.45, 2.75) is 26.4 Å². The second-order valence-corrected chi connectivity index (χ2v) is 7.23. The van der Waals surface area contributed by atoms with E-state index >= 15 is 0 Å². The van der Waals surface area contributed by atoms with Crippen LogP contribution in [0.5, 0.6) is 11.6 Å². The highest BCUT2D eigenvalue weighted by molar-refractivity contribution is 6.33. The van der Waals surface area contributed by atoms with Gasteiger partial charge in [0.2, 0.25) is 5.88 Å². The summed E-state index contributed by atoms with van der Waals surface area (Å²) in [5.41, 5.74) is 0.782. The lowest BCUT2D eigenvalue weighted by molar-refractivity contribution is -0.137. The van der Waals surface area contributed by atoms with Crippen molar-refractivity contribution < 1.29 is 17.9 Å². The quantitative estimate of drug-likeness (QED) is 0.474. The van der Waals surface area contributed by atoms with Gasteiger partial charge in [0.1, 0.15) is 22.4 Å². The van der Waals surface area contributed by atoms with Gasteiger partial charge in [0.05, 0.1) is 16.3 Å². The van der Waals surface area contributed by atoms with Crippen LogP contribution in [0.1, 0.15) is 22.6 Å². The van der Waals surface area contributed by atoms with Crippen molar-refractivity contribution in [2.24, 2.45) is 0 Å². The van der Waals surface area contributed by atoms with Gasteiger partial charge in [0.25, 0.3) is 0 Å². The maximum atomic E-state index is 12.6. The van der Waals surface area contributed by atoms with Crippen molar-refractivity contribution in [1.82, 2.24) is 15.0 Å². The molecule has 0 unspecified atom stereocenters. The van der Waals surface area contributed by atoms with Gasteiger partial charge in [-0.05, 0) is 44.0 Å². The highest BCUT2D eigenvalue weighted by atomic mass is 35.5. The summed E-state index contributed by atoms with van der Waals surface area (Å²) in [6.07, 6.45) is -3.10. The van der Waals surface area contributed by atoms with E-state index in [-0.39, 0.29) is 5.88 Å². The first kappa shape index (κ1) is 22.1. The Balaban J connectivity index is 1.61. The molecule has 0 bridgehead atoms. The molecular weight excluding hydrogens is 440 g/mol. The first-order chi connectivity index (χ1) is 14.1. The third-order valence-electron chi connectivity index (χ3n) is 4.11. The highest BCUT2D eigenvalue weighted by Crippen LogP contribution is 2.32. The number of rotatable bonds is 6. The van der Waals surface area contributed by atoms with E-state index in [1.54, 1.807) is 19.1 Å². The zero-order valence-corrected chi connectivity index (χ0v) is 17.5. The van der Waals surface area contributed by atoms with Crippen LogP contribution in [-0.2, 0) is 12.6 Å². The molecule has 158 valence electrons. The highest BCUT2D eigenvalue weighted by Gasteiger charge is 2.30. The number of aromatic nitrogens is 3. The molecule has 0 aliphatic carbocycles. The van der Waals surface area contributed by atoms with Crippen molar-refractivity contribution in [1.29, 1.82) is 0 Å². The van der Waals surface area contributed by atoms with Crippen molar-refractivity contribution >= 4 is 29.0 Å². The minimum Gasteiger partial charge on any atom is -0.437 e. The fourth-order valence-electron chi connectivity index (χ4n) is 2.65. The number of ether oxygens (including phenoxy) is 1. The van der Waals surface area contributed by atoms with Gasteiger partial charge in [-0.25, -0.2) is 15.0 Å². The molecule has 2 heterocycles. The molecule has 3 aromatic rings. The van der Waals surface area contributed by atoms with Crippen molar-refractivity contribution in [3.8, 4) is 11.6 Å². The van der Waals surface area contributed by atoms with E-state index in [2.05, 4.69) is 20.3 Å². The number of anilines is 1. The molecule has 30 heavy (non-hydrogen) atoms. The number of benzene rings is 1. The first-order valence-corrected chi connectivity index (χ1v) is 9.63. The second kappa shape index (κ2) is 9.06. The molecule has 10 heteroatoms. The number of hydrogen-bond acceptors (Lipinski definition) is 5. The predicted molar refractivity (Wildman–Crippen MR) is 109 cm³/mol. The zero-order valence-electron chi connectivity index (χ0n) is 16.0. The second-order valence-electron chi connectivity index (χ2n) is 6.45. The molecule has 0 saturated carbocycles. The van der Waals surface area contributed by atoms with E-state index in [4.69, 9.17) is 27.9 Å². The third-order valence-corrected chi connectivity index (χ3v) is 4.86. The van der Waals surface area contributed by atoms with Crippen LogP contribution in [0, 0.1) is 13.8 Å². The molecule has 3 rings (SSSR count). The lowest BCUT2D eigenvalue weighted by Crippen LogP contribution is -2.09. The molecule has 0 aliphatic rings. The molecular formula is C20H17Cl2F3N4O.